The smallest absolute Gasteiger partial charge is 0.408 e. The monoisotopic (exact) mass is 443 g/mol. The minimum Gasteiger partial charge on any atom is -0.491 e. The summed E-state index contributed by atoms with van der Waals surface area (Å²) in [7, 11) is 1.62. The second-order valence-corrected chi connectivity index (χ2v) is 9.50. The topological polar surface area (TPSA) is 84.7 Å². The van der Waals surface area contributed by atoms with Gasteiger partial charge < -0.3 is 14.4 Å². The van der Waals surface area contributed by atoms with E-state index in [2.05, 4.69) is 4.98 Å². The summed E-state index contributed by atoms with van der Waals surface area (Å²) < 4.78 is 21.9. The van der Waals surface area contributed by atoms with Gasteiger partial charge in [-0.1, -0.05) is 13.8 Å². The van der Waals surface area contributed by atoms with Crippen LogP contribution in [0.15, 0.2) is 35.4 Å². The Morgan fingerprint density at radius 3 is 2.53 bits per heavy atom. The van der Waals surface area contributed by atoms with Gasteiger partial charge in [-0.2, -0.15) is 0 Å². The van der Waals surface area contributed by atoms with Crippen LogP contribution in [0.4, 0.5) is 9.18 Å². The molecule has 1 atom stereocenters. The number of rotatable bonds is 6. The number of aromatic nitrogens is 2. The first-order chi connectivity index (χ1) is 14.9. The van der Waals surface area contributed by atoms with Crippen LogP contribution in [-0.2, 0) is 7.05 Å². The molecule has 0 fully saturated rings. The van der Waals surface area contributed by atoms with Crippen LogP contribution in [0.5, 0.6) is 5.75 Å². The molecule has 3 aromatic rings. The Hall–Kier alpha value is -3.16. The van der Waals surface area contributed by atoms with E-state index in [0.29, 0.717) is 23.1 Å². The average Bonchev–Trinajstić information content (AvgIpc) is 2.68. The zero-order valence-electron chi connectivity index (χ0n) is 19.3. The number of carboxylic acid groups (broad SMARTS) is 1. The van der Waals surface area contributed by atoms with E-state index in [0.717, 1.165) is 6.20 Å². The molecule has 2 heterocycles. The molecule has 0 saturated carbocycles. The molecule has 0 aliphatic heterocycles. The molecule has 32 heavy (non-hydrogen) atoms. The van der Waals surface area contributed by atoms with E-state index in [-0.39, 0.29) is 34.9 Å². The number of halogens is 1. The first-order valence-electron chi connectivity index (χ1n) is 10.6. The third-order valence-corrected chi connectivity index (χ3v) is 5.51. The van der Waals surface area contributed by atoms with Crippen LogP contribution in [0.3, 0.4) is 0 Å². The number of hydrogen-bond donors (Lipinski definition) is 1. The zero-order valence-corrected chi connectivity index (χ0v) is 19.3. The lowest BCUT2D eigenvalue weighted by Gasteiger charge is -2.40. The lowest BCUT2D eigenvalue weighted by atomic mass is 9.97. The minimum atomic E-state index is -0.997. The largest absolute Gasteiger partial charge is 0.491 e. The van der Waals surface area contributed by atoms with Crippen LogP contribution in [0.2, 0.25) is 0 Å². The van der Waals surface area contributed by atoms with Gasteiger partial charge in [0.05, 0.1) is 23.1 Å². The maximum absolute atomic E-state index is 14.5. The lowest BCUT2D eigenvalue weighted by Crippen LogP contribution is -2.53. The molecule has 0 aliphatic rings. The van der Waals surface area contributed by atoms with E-state index in [9.17, 15) is 19.1 Å². The molecule has 8 heteroatoms. The molecule has 0 saturated heterocycles. The number of pyridine rings is 2. The highest BCUT2D eigenvalue weighted by atomic mass is 19.1. The van der Waals surface area contributed by atoms with Crippen molar-refractivity contribution in [2.75, 3.05) is 6.61 Å². The van der Waals surface area contributed by atoms with Gasteiger partial charge in [-0.15, -0.1) is 0 Å². The van der Waals surface area contributed by atoms with Crippen LogP contribution in [0.25, 0.3) is 21.7 Å². The van der Waals surface area contributed by atoms with Gasteiger partial charge in [-0.25, -0.2) is 9.18 Å². The molecule has 0 bridgehead atoms. The number of hydrogen-bond acceptors (Lipinski definition) is 4. The Morgan fingerprint density at radius 1 is 1.25 bits per heavy atom. The summed E-state index contributed by atoms with van der Waals surface area (Å²) in [6.07, 6.45) is 2.10. The van der Waals surface area contributed by atoms with Crippen molar-refractivity contribution in [2.24, 2.45) is 13.0 Å². The van der Waals surface area contributed by atoms with E-state index >= 15 is 0 Å². The Labute approximate surface area is 186 Å². The number of carbonyl (C=O) groups is 1. The Bertz CT molecular complexity index is 1210. The highest BCUT2D eigenvalue weighted by molar-refractivity contribution is 6.05. The number of amides is 1. The maximum Gasteiger partial charge on any atom is 0.408 e. The van der Waals surface area contributed by atoms with E-state index in [4.69, 9.17) is 4.74 Å². The normalized spacial score (nSPS) is 13.0. The Balaban J connectivity index is 2.00. The van der Waals surface area contributed by atoms with E-state index in [1.165, 1.54) is 15.7 Å². The second-order valence-electron chi connectivity index (χ2n) is 9.50. The molecule has 172 valence electrons. The number of fused-ring (bicyclic) bond motifs is 3. The predicted molar refractivity (Wildman–Crippen MR) is 123 cm³/mol. The Morgan fingerprint density at radius 2 is 1.94 bits per heavy atom. The molecule has 0 spiro atoms. The van der Waals surface area contributed by atoms with Crippen molar-refractivity contribution in [1.29, 1.82) is 0 Å². The van der Waals surface area contributed by atoms with Gasteiger partial charge in [0.25, 0.3) is 5.56 Å². The molecule has 1 unspecified atom stereocenters. The minimum absolute atomic E-state index is 0.160. The van der Waals surface area contributed by atoms with Crippen LogP contribution in [0.1, 0.15) is 41.0 Å². The summed E-state index contributed by atoms with van der Waals surface area (Å²) in [5, 5.41) is 10.8. The fraction of sp³-hybridized carbons (Fsp3) is 0.458. The van der Waals surface area contributed by atoms with Gasteiger partial charge in [0.1, 0.15) is 18.2 Å². The van der Waals surface area contributed by atoms with E-state index < -0.39 is 17.4 Å². The van der Waals surface area contributed by atoms with E-state index in [1.54, 1.807) is 25.2 Å². The molecular formula is C24H30FN3O4. The molecule has 0 aliphatic carbocycles. The molecule has 7 nitrogen and oxygen atoms in total. The van der Waals surface area contributed by atoms with Crippen molar-refractivity contribution in [1.82, 2.24) is 14.5 Å². The van der Waals surface area contributed by atoms with Gasteiger partial charge in [-0.3, -0.25) is 14.7 Å². The number of benzene rings is 1. The van der Waals surface area contributed by atoms with E-state index in [1.807, 2.05) is 34.6 Å². The summed E-state index contributed by atoms with van der Waals surface area (Å²) in [5.74, 6) is 0.195. The van der Waals surface area contributed by atoms with Crippen LogP contribution in [0, 0.1) is 11.7 Å². The van der Waals surface area contributed by atoms with Crippen molar-refractivity contribution in [3.8, 4) is 5.75 Å². The average molecular weight is 444 g/mol. The highest BCUT2D eigenvalue weighted by Gasteiger charge is 2.34. The summed E-state index contributed by atoms with van der Waals surface area (Å²) in [4.78, 5) is 29.9. The third-order valence-electron chi connectivity index (χ3n) is 5.51. The summed E-state index contributed by atoms with van der Waals surface area (Å²) in [6, 6.07) is 4.75. The summed E-state index contributed by atoms with van der Waals surface area (Å²) in [5.41, 5.74) is -0.414. The van der Waals surface area contributed by atoms with Crippen LogP contribution >= 0.6 is 0 Å². The lowest BCUT2D eigenvalue weighted by molar-refractivity contribution is 0.0434. The molecule has 1 aromatic carbocycles. The van der Waals surface area contributed by atoms with Crippen molar-refractivity contribution < 1.29 is 19.0 Å². The summed E-state index contributed by atoms with van der Waals surface area (Å²) in [6.45, 7) is 9.80. The molecule has 3 rings (SSSR count). The van der Waals surface area contributed by atoms with Gasteiger partial charge >= 0.3 is 6.09 Å². The fourth-order valence-corrected chi connectivity index (χ4v) is 4.23. The van der Waals surface area contributed by atoms with Crippen molar-refractivity contribution in [3.63, 3.8) is 0 Å². The standard InChI is InChI=1S/C24H30FN3O4/c1-14(2)9-15(28(23(30)31)24(3,4)5)13-32-16-7-8-17-20(10-16)27(6)22(29)18-11-26-12-19(25)21(17)18/h7-8,10-12,14-15H,9,13H2,1-6H3,(H,30,31). The quantitative estimate of drug-likeness (QED) is 0.553. The maximum atomic E-state index is 14.5. The fourth-order valence-electron chi connectivity index (χ4n) is 4.23. The van der Waals surface area contributed by atoms with Crippen LogP contribution in [-0.4, -0.2) is 43.8 Å². The van der Waals surface area contributed by atoms with Gasteiger partial charge in [0.2, 0.25) is 0 Å². The number of nitrogens with zero attached hydrogens (tertiary/aromatic N) is 3. The second kappa shape index (κ2) is 8.76. The van der Waals surface area contributed by atoms with Crippen molar-refractivity contribution >= 4 is 27.8 Å². The van der Waals surface area contributed by atoms with Crippen molar-refractivity contribution in [3.05, 3.63) is 46.8 Å². The summed E-state index contributed by atoms with van der Waals surface area (Å²) >= 11 is 0. The third kappa shape index (κ3) is 4.54. The van der Waals surface area contributed by atoms with Gasteiger partial charge in [-0.05, 0) is 45.2 Å². The highest BCUT2D eigenvalue weighted by Crippen LogP contribution is 2.28. The van der Waals surface area contributed by atoms with Crippen LogP contribution < -0.4 is 10.3 Å². The first kappa shape index (κ1) is 23.5. The SMILES string of the molecule is CC(C)CC(COc1ccc2c3c(F)cncc3c(=O)n(C)c2c1)N(C(=O)O)C(C)(C)C. The number of aryl methyl sites for hydroxylation is 1. The predicted octanol–water partition coefficient (Wildman–Crippen LogP) is 4.80. The molecular weight excluding hydrogens is 413 g/mol. The van der Waals surface area contributed by atoms with Gasteiger partial charge in [0.15, 0.2) is 0 Å². The van der Waals surface area contributed by atoms with Gasteiger partial charge in [0, 0.05) is 35.6 Å². The van der Waals surface area contributed by atoms with Crippen molar-refractivity contribution in [2.45, 2.75) is 52.6 Å². The molecule has 2 aromatic heterocycles. The first-order valence-corrected chi connectivity index (χ1v) is 10.6. The Kier molecular flexibility index (Phi) is 6.44. The molecule has 1 N–H and O–H groups in total. The molecule has 0 radical (unpaired) electrons. The number of ether oxygens (including phenoxy) is 1. The zero-order chi connectivity index (χ0) is 23.8. The molecule has 1 amide bonds.